The monoisotopic (exact) mass is 398 g/mol. The maximum atomic E-state index is 3.83. The minimum atomic E-state index is 0.246. The minimum Gasteiger partial charge on any atom is -0.130 e. The number of halogens is 2. The molecule has 2 aromatic carbocycles. The van der Waals surface area contributed by atoms with Gasteiger partial charge in [0.15, 0.2) is 0 Å². The molecule has 0 saturated heterocycles. The molecule has 3 heteroatoms. The third-order valence-corrected chi connectivity index (χ3v) is 5.85. The summed E-state index contributed by atoms with van der Waals surface area (Å²) in [7, 11) is 0. The second-order valence-corrected chi connectivity index (χ2v) is 7.24. The van der Waals surface area contributed by atoms with Crippen molar-refractivity contribution in [3.63, 3.8) is 0 Å². The van der Waals surface area contributed by atoms with Gasteiger partial charge >= 0.3 is 0 Å². The van der Waals surface area contributed by atoms with E-state index in [2.05, 4.69) is 88.4 Å². The Balaban J connectivity index is 2.37. The molecule has 0 aliphatic heterocycles. The molecule has 0 amide bonds. The number of hydrogen-bond acceptors (Lipinski definition) is 1. The van der Waals surface area contributed by atoms with Crippen LogP contribution in [-0.2, 0) is 0 Å². The molecule has 2 aromatic rings. The number of rotatable bonds is 3. The van der Waals surface area contributed by atoms with Crippen molar-refractivity contribution >= 4 is 43.6 Å². The Kier molecular flexibility index (Phi) is 5.15. The lowest BCUT2D eigenvalue weighted by atomic mass is 9.98. The first-order chi connectivity index (χ1) is 9.02. The van der Waals surface area contributed by atoms with E-state index in [4.69, 9.17) is 0 Å². The van der Waals surface area contributed by atoms with E-state index in [1.54, 1.807) is 11.8 Å². The van der Waals surface area contributed by atoms with Crippen molar-refractivity contribution in [1.82, 2.24) is 0 Å². The molecule has 0 spiro atoms. The molecule has 0 radical (unpaired) electrons. The lowest BCUT2D eigenvalue weighted by Gasteiger charge is -2.16. The second kappa shape index (κ2) is 6.47. The third kappa shape index (κ3) is 3.45. The fourth-order valence-electron chi connectivity index (χ4n) is 2.03. The highest BCUT2D eigenvalue weighted by Crippen LogP contribution is 2.35. The molecule has 1 unspecified atom stereocenters. The van der Waals surface area contributed by atoms with Crippen molar-refractivity contribution in [2.75, 3.05) is 6.26 Å². The fraction of sp³-hybridized carbons (Fsp3) is 0.250. The highest BCUT2D eigenvalue weighted by molar-refractivity contribution is 9.10. The molecular weight excluding hydrogens is 384 g/mol. The molecule has 2 rings (SSSR count). The Morgan fingerprint density at radius 3 is 2.21 bits per heavy atom. The van der Waals surface area contributed by atoms with Gasteiger partial charge in [-0.2, -0.15) is 0 Å². The topological polar surface area (TPSA) is 0 Å². The van der Waals surface area contributed by atoms with E-state index >= 15 is 0 Å². The quantitative estimate of drug-likeness (QED) is 0.432. The van der Waals surface area contributed by atoms with E-state index in [-0.39, 0.29) is 4.83 Å². The molecule has 0 fully saturated rings. The van der Waals surface area contributed by atoms with Gasteiger partial charge in [-0.05, 0) is 60.6 Å². The third-order valence-electron chi connectivity index (χ3n) is 3.23. The van der Waals surface area contributed by atoms with Crippen molar-refractivity contribution < 1.29 is 0 Å². The van der Waals surface area contributed by atoms with E-state index < -0.39 is 0 Å². The van der Waals surface area contributed by atoms with Crippen LogP contribution in [0.1, 0.15) is 27.1 Å². The van der Waals surface area contributed by atoms with E-state index in [9.17, 15) is 0 Å². The Labute approximate surface area is 136 Å². The Hall–Kier alpha value is -0.250. The molecule has 1 atom stereocenters. The van der Waals surface area contributed by atoms with Crippen LogP contribution in [-0.4, -0.2) is 6.26 Å². The summed E-state index contributed by atoms with van der Waals surface area (Å²) in [5, 5.41) is 0. The van der Waals surface area contributed by atoms with Gasteiger partial charge < -0.3 is 0 Å². The van der Waals surface area contributed by atoms with Crippen LogP contribution in [0, 0.1) is 13.8 Å². The molecule has 0 nitrogen and oxygen atoms in total. The van der Waals surface area contributed by atoms with Crippen molar-refractivity contribution in [1.29, 1.82) is 0 Å². The Morgan fingerprint density at radius 2 is 1.63 bits per heavy atom. The van der Waals surface area contributed by atoms with Gasteiger partial charge in [-0.15, -0.1) is 11.8 Å². The summed E-state index contributed by atoms with van der Waals surface area (Å²) < 4.78 is 1.17. The number of benzene rings is 2. The molecular formula is C16H16Br2S. The Bertz CT molecular complexity index is 576. The number of hydrogen-bond donors (Lipinski definition) is 0. The predicted octanol–water partition coefficient (Wildman–Crippen LogP) is 6.27. The molecule has 19 heavy (non-hydrogen) atoms. The number of aryl methyl sites for hydroxylation is 2. The van der Waals surface area contributed by atoms with Gasteiger partial charge in [0.2, 0.25) is 0 Å². The molecule has 0 saturated carbocycles. The van der Waals surface area contributed by atoms with Gasteiger partial charge in [-0.25, -0.2) is 0 Å². The number of thioether (sulfide) groups is 1. The van der Waals surface area contributed by atoms with Gasteiger partial charge in [0.25, 0.3) is 0 Å². The van der Waals surface area contributed by atoms with Crippen LogP contribution in [0.25, 0.3) is 0 Å². The highest BCUT2D eigenvalue weighted by Gasteiger charge is 2.14. The maximum absolute atomic E-state index is 3.83. The van der Waals surface area contributed by atoms with E-state index in [0.29, 0.717) is 0 Å². The van der Waals surface area contributed by atoms with Crippen LogP contribution in [0.3, 0.4) is 0 Å². The van der Waals surface area contributed by atoms with Gasteiger partial charge in [-0.3, -0.25) is 0 Å². The zero-order valence-corrected chi connectivity index (χ0v) is 15.2. The standard InChI is InChI=1S/C16H16Br2S/c1-10-9-15(17)11(2)8-14(10)16(18)12-4-6-13(19-3)7-5-12/h4-9,16H,1-3H3. The first-order valence-corrected chi connectivity index (χ1v) is 9.01. The van der Waals surface area contributed by atoms with Crippen LogP contribution >= 0.6 is 43.6 Å². The van der Waals surface area contributed by atoms with Gasteiger partial charge in [0.1, 0.15) is 0 Å². The lowest BCUT2D eigenvalue weighted by Crippen LogP contribution is -1.97. The van der Waals surface area contributed by atoms with Crippen molar-refractivity contribution in [3.8, 4) is 0 Å². The molecule has 0 aromatic heterocycles. The first kappa shape index (κ1) is 15.1. The summed E-state index contributed by atoms with van der Waals surface area (Å²) in [4.78, 5) is 1.54. The molecule has 0 aliphatic rings. The summed E-state index contributed by atoms with van der Waals surface area (Å²) >= 11 is 9.19. The minimum absolute atomic E-state index is 0.246. The van der Waals surface area contributed by atoms with Crippen LogP contribution in [0.4, 0.5) is 0 Å². The van der Waals surface area contributed by atoms with Crippen molar-refractivity contribution in [2.45, 2.75) is 23.6 Å². The maximum Gasteiger partial charge on any atom is 0.0647 e. The predicted molar refractivity (Wildman–Crippen MR) is 92.6 cm³/mol. The average molecular weight is 400 g/mol. The second-order valence-electron chi connectivity index (χ2n) is 4.59. The van der Waals surface area contributed by atoms with Crippen LogP contribution in [0.2, 0.25) is 0 Å². The van der Waals surface area contributed by atoms with Crippen molar-refractivity contribution in [3.05, 3.63) is 63.1 Å². The Morgan fingerprint density at radius 1 is 1.00 bits per heavy atom. The van der Waals surface area contributed by atoms with E-state index in [0.717, 1.165) is 0 Å². The van der Waals surface area contributed by atoms with E-state index in [1.807, 2.05) is 0 Å². The van der Waals surface area contributed by atoms with E-state index in [1.165, 1.54) is 31.6 Å². The molecule has 0 bridgehead atoms. The number of alkyl halides is 1. The molecule has 100 valence electrons. The zero-order chi connectivity index (χ0) is 14.0. The SMILES string of the molecule is CSc1ccc(C(Br)c2cc(C)c(Br)cc2C)cc1. The summed E-state index contributed by atoms with van der Waals surface area (Å²) in [5.41, 5.74) is 5.19. The van der Waals surface area contributed by atoms with Crippen LogP contribution < -0.4 is 0 Å². The molecule has 0 aliphatic carbocycles. The van der Waals surface area contributed by atoms with Crippen molar-refractivity contribution in [2.24, 2.45) is 0 Å². The fourth-order valence-corrected chi connectivity index (χ4v) is 3.69. The largest absolute Gasteiger partial charge is 0.130 e. The lowest BCUT2D eigenvalue weighted by molar-refractivity contribution is 1.12. The summed E-state index contributed by atoms with van der Waals surface area (Å²) in [6.07, 6.45) is 2.10. The smallest absolute Gasteiger partial charge is 0.0647 e. The normalized spacial score (nSPS) is 12.5. The summed E-state index contributed by atoms with van der Waals surface area (Å²) in [6, 6.07) is 13.2. The van der Waals surface area contributed by atoms with Crippen LogP contribution in [0.15, 0.2) is 45.8 Å². The van der Waals surface area contributed by atoms with Gasteiger partial charge in [0.05, 0.1) is 4.83 Å². The first-order valence-electron chi connectivity index (χ1n) is 6.07. The zero-order valence-electron chi connectivity index (χ0n) is 11.2. The average Bonchev–Trinajstić information content (AvgIpc) is 2.42. The summed E-state index contributed by atoms with van der Waals surface area (Å²) in [6.45, 7) is 4.29. The highest BCUT2D eigenvalue weighted by atomic mass is 79.9. The van der Waals surface area contributed by atoms with Gasteiger partial charge in [-0.1, -0.05) is 50.1 Å². The summed E-state index contributed by atoms with van der Waals surface area (Å²) in [5.74, 6) is 0. The molecule has 0 heterocycles. The van der Waals surface area contributed by atoms with Gasteiger partial charge in [0, 0.05) is 9.37 Å². The molecule has 0 N–H and O–H groups in total. The van der Waals surface area contributed by atoms with Crippen LogP contribution in [0.5, 0.6) is 0 Å².